The molecule has 1 fully saturated rings. The van der Waals surface area contributed by atoms with E-state index in [1.54, 1.807) is 0 Å². The fraction of sp³-hybridized carbons (Fsp3) is 0.667. The Hall–Kier alpha value is -0.540. The molecule has 1 heterocycles. The molecule has 2 rings (SSSR count). The normalized spacial score (nSPS) is 21.1. The zero-order chi connectivity index (χ0) is 15.2. The van der Waals surface area contributed by atoms with Crippen LogP contribution in [0.25, 0.3) is 0 Å². The average Bonchev–Trinajstić information content (AvgIpc) is 2.72. The van der Waals surface area contributed by atoms with Gasteiger partial charge in [0.25, 0.3) is 0 Å². The Bertz CT molecular complexity index is 447. The highest BCUT2D eigenvalue weighted by atomic mass is 79.9. The maximum atomic E-state index is 3.64. The Morgan fingerprint density at radius 2 is 2.14 bits per heavy atom. The molecule has 0 aliphatic carbocycles. The molecule has 2 nitrogen and oxygen atoms in total. The van der Waals surface area contributed by atoms with Crippen LogP contribution in [-0.2, 0) is 0 Å². The first-order valence-electron chi connectivity index (χ1n) is 8.37. The molecule has 2 atom stereocenters. The molecule has 0 bridgehead atoms. The lowest BCUT2D eigenvalue weighted by atomic mass is 9.96. The average molecular weight is 353 g/mol. The summed E-state index contributed by atoms with van der Waals surface area (Å²) in [6, 6.07) is 7.10. The number of hydrogen-bond acceptors (Lipinski definition) is 2. The van der Waals surface area contributed by atoms with Gasteiger partial charge < -0.3 is 10.2 Å². The molecule has 0 spiro atoms. The number of rotatable bonds is 5. The quantitative estimate of drug-likeness (QED) is 0.789. The molecule has 1 aliphatic rings. The second kappa shape index (κ2) is 8.19. The highest BCUT2D eigenvalue weighted by molar-refractivity contribution is 9.10. The third-order valence-corrected chi connectivity index (χ3v) is 5.27. The zero-order valence-corrected chi connectivity index (χ0v) is 15.2. The summed E-state index contributed by atoms with van der Waals surface area (Å²) in [5, 5.41) is 3.38. The summed E-state index contributed by atoms with van der Waals surface area (Å²) in [5.74, 6) is 0.928. The van der Waals surface area contributed by atoms with Crippen molar-refractivity contribution >= 4 is 21.6 Å². The summed E-state index contributed by atoms with van der Waals surface area (Å²) in [5.41, 5.74) is 2.82. The summed E-state index contributed by atoms with van der Waals surface area (Å²) < 4.78 is 1.18. The van der Waals surface area contributed by atoms with Crippen LogP contribution in [0.15, 0.2) is 22.7 Å². The van der Waals surface area contributed by atoms with E-state index in [4.69, 9.17) is 0 Å². The number of halogens is 1. The molecule has 21 heavy (non-hydrogen) atoms. The van der Waals surface area contributed by atoms with Crippen molar-refractivity contribution in [3.05, 3.63) is 28.2 Å². The monoisotopic (exact) mass is 352 g/mol. The SMILES string of the molecule is CCCC1CCCN(c2cc(Br)ccc2C(C)NC)CC1. The number of benzene rings is 1. The van der Waals surface area contributed by atoms with Crippen LogP contribution < -0.4 is 10.2 Å². The predicted octanol–water partition coefficient (Wildman–Crippen LogP) is 5.14. The second-order valence-electron chi connectivity index (χ2n) is 6.29. The van der Waals surface area contributed by atoms with Crippen LogP contribution in [0, 0.1) is 5.92 Å². The largest absolute Gasteiger partial charge is 0.371 e. The van der Waals surface area contributed by atoms with Crippen LogP contribution in [0.5, 0.6) is 0 Å². The van der Waals surface area contributed by atoms with Crippen molar-refractivity contribution in [1.29, 1.82) is 0 Å². The molecule has 1 saturated heterocycles. The Balaban J connectivity index is 2.18. The fourth-order valence-corrected chi connectivity index (χ4v) is 3.76. The van der Waals surface area contributed by atoms with Crippen molar-refractivity contribution in [2.45, 2.75) is 52.0 Å². The van der Waals surface area contributed by atoms with Crippen LogP contribution in [0.4, 0.5) is 5.69 Å². The third-order valence-electron chi connectivity index (χ3n) is 4.78. The second-order valence-corrected chi connectivity index (χ2v) is 7.20. The lowest BCUT2D eigenvalue weighted by Gasteiger charge is -2.28. The standard InChI is InChI=1S/C18H29BrN2/c1-4-6-15-7-5-11-21(12-10-15)18-13-16(19)8-9-17(18)14(2)20-3/h8-9,13-15,20H,4-7,10-12H2,1-3H3. The molecule has 3 heteroatoms. The molecule has 0 radical (unpaired) electrons. The van der Waals surface area contributed by atoms with Crippen molar-refractivity contribution in [2.75, 3.05) is 25.0 Å². The Morgan fingerprint density at radius 1 is 1.33 bits per heavy atom. The minimum Gasteiger partial charge on any atom is -0.371 e. The molecular weight excluding hydrogens is 324 g/mol. The van der Waals surface area contributed by atoms with E-state index in [0.29, 0.717) is 6.04 Å². The molecule has 1 aromatic rings. The maximum Gasteiger partial charge on any atom is 0.0425 e. The highest BCUT2D eigenvalue weighted by Gasteiger charge is 2.20. The van der Waals surface area contributed by atoms with Crippen molar-refractivity contribution in [3.63, 3.8) is 0 Å². The first-order valence-corrected chi connectivity index (χ1v) is 9.16. The number of anilines is 1. The van der Waals surface area contributed by atoms with Gasteiger partial charge in [0, 0.05) is 29.3 Å². The van der Waals surface area contributed by atoms with Crippen LogP contribution in [-0.4, -0.2) is 20.1 Å². The van der Waals surface area contributed by atoms with Gasteiger partial charge in [0.1, 0.15) is 0 Å². The summed E-state index contributed by atoms with van der Waals surface area (Å²) in [4.78, 5) is 2.60. The number of nitrogens with one attached hydrogen (secondary N) is 1. The van der Waals surface area contributed by atoms with Crippen molar-refractivity contribution in [2.24, 2.45) is 5.92 Å². The van der Waals surface area contributed by atoms with Gasteiger partial charge in [-0.05, 0) is 56.8 Å². The Morgan fingerprint density at radius 3 is 2.86 bits per heavy atom. The van der Waals surface area contributed by atoms with Gasteiger partial charge in [-0.3, -0.25) is 0 Å². The van der Waals surface area contributed by atoms with Crippen molar-refractivity contribution < 1.29 is 0 Å². The summed E-state index contributed by atoms with van der Waals surface area (Å²) >= 11 is 3.64. The minimum atomic E-state index is 0.391. The zero-order valence-electron chi connectivity index (χ0n) is 13.7. The molecule has 118 valence electrons. The van der Waals surface area contributed by atoms with Crippen molar-refractivity contribution in [1.82, 2.24) is 5.32 Å². The van der Waals surface area contributed by atoms with Gasteiger partial charge in [0.05, 0.1) is 0 Å². The van der Waals surface area contributed by atoms with E-state index >= 15 is 0 Å². The number of hydrogen-bond donors (Lipinski definition) is 1. The summed E-state index contributed by atoms with van der Waals surface area (Å²) in [6.07, 6.45) is 6.78. The lowest BCUT2D eigenvalue weighted by Crippen LogP contribution is -2.27. The van der Waals surface area contributed by atoms with Gasteiger partial charge in [-0.2, -0.15) is 0 Å². The van der Waals surface area contributed by atoms with Gasteiger partial charge in [-0.1, -0.05) is 41.8 Å². The fourth-order valence-electron chi connectivity index (χ4n) is 3.42. The smallest absolute Gasteiger partial charge is 0.0425 e. The van der Waals surface area contributed by atoms with Crippen molar-refractivity contribution in [3.8, 4) is 0 Å². The van der Waals surface area contributed by atoms with Crippen LogP contribution in [0.3, 0.4) is 0 Å². The highest BCUT2D eigenvalue weighted by Crippen LogP contribution is 2.32. The molecule has 1 aromatic carbocycles. The van der Waals surface area contributed by atoms with Gasteiger partial charge in [-0.25, -0.2) is 0 Å². The van der Waals surface area contributed by atoms with E-state index in [9.17, 15) is 0 Å². The first kappa shape index (κ1) is 16.8. The molecule has 0 amide bonds. The molecule has 0 saturated carbocycles. The van der Waals surface area contributed by atoms with E-state index in [1.165, 1.54) is 60.9 Å². The third kappa shape index (κ3) is 4.46. The van der Waals surface area contributed by atoms with Crippen LogP contribution in [0.2, 0.25) is 0 Å². The van der Waals surface area contributed by atoms with Gasteiger partial charge >= 0.3 is 0 Å². The molecule has 2 unspecified atom stereocenters. The Kier molecular flexibility index (Phi) is 6.56. The minimum absolute atomic E-state index is 0.391. The van der Waals surface area contributed by atoms with E-state index in [2.05, 4.69) is 58.2 Å². The topological polar surface area (TPSA) is 15.3 Å². The molecular formula is C18H29BrN2. The van der Waals surface area contributed by atoms with Crippen LogP contribution in [0.1, 0.15) is 57.6 Å². The van der Waals surface area contributed by atoms with Crippen LogP contribution >= 0.6 is 15.9 Å². The van der Waals surface area contributed by atoms with Gasteiger partial charge in [0.15, 0.2) is 0 Å². The molecule has 0 aromatic heterocycles. The number of nitrogens with zero attached hydrogens (tertiary/aromatic N) is 1. The lowest BCUT2D eigenvalue weighted by molar-refractivity contribution is 0.435. The Labute approximate surface area is 138 Å². The van der Waals surface area contributed by atoms with E-state index in [0.717, 1.165) is 5.92 Å². The molecule has 1 aliphatic heterocycles. The predicted molar refractivity (Wildman–Crippen MR) is 96.1 cm³/mol. The van der Waals surface area contributed by atoms with E-state index < -0.39 is 0 Å². The first-order chi connectivity index (χ1) is 10.2. The van der Waals surface area contributed by atoms with E-state index in [-0.39, 0.29) is 0 Å². The summed E-state index contributed by atoms with van der Waals surface area (Å²) in [6.45, 7) is 6.94. The summed E-state index contributed by atoms with van der Waals surface area (Å²) in [7, 11) is 2.04. The van der Waals surface area contributed by atoms with Gasteiger partial charge in [0.2, 0.25) is 0 Å². The maximum absolute atomic E-state index is 3.64. The van der Waals surface area contributed by atoms with Gasteiger partial charge in [-0.15, -0.1) is 0 Å². The molecule has 1 N–H and O–H groups in total. The van der Waals surface area contributed by atoms with E-state index in [1.807, 2.05) is 7.05 Å².